The molecule has 2 aromatic carbocycles. The van der Waals surface area contributed by atoms with Gasteiger partial charge in [0.1, 0.15) is 6.54 Å². The highest BCUT2D eigenvalue weighted by Gasteiger charge is 2.26. The van der Waals surface area contributed by atoms with E-state index in [4.69, 9.17) is 31.9 Å². The number of rotatable bonds is 2. The van der Waals surface area contributed by atoms with Gasteiger partial charge in [0, 0.05) is 24.1 Å². The molecule has 0 amide bonds. The second-order valence-electron chi connectivity index (χ2n) is 7.36. The van der Waals surface area contributed by atoms with Crippen molar-refractivity contribution in [2.45, 2.75) is 19.4 Å². The van der Waals surface area contributed by atoms with Crippen LogP contribution in [0.4, 0.5) is 0 Å². The van der Waals surface area contributed by atoms with Gasteiger partial charge in [0.05, 0.1) is 29.9 Å². The third-order valence-electron chi connectivity index (χ3n) is 5.21. The van der Waals surface area contributed by atoms with Crippen molar-refractivity contribution in [3.05, 3.63) is 42.1 Å². The van der Waals surface area contributed by atoms with Crippen LogP contribution in [0.25, 0.3) is 22.0 Å². The molecule has 0 radical (unpaired) electrons. The molecule has 1 aromatic heterocycles. The minimum absolute atomic E-state index is 0.299. The Labute approximate surface area is 180 Å². The van der Waals surface area contributed by atoms with E-state index < -0.39 is 10.1 Å². The van der Waals surface area contributed by atoms with Gasteiger partial charge < -0.3 is 23.5 Å². The smallest absolute Gasteiger partial charge is 0.231 e. The SMILES string of the molecule is COc1cc2cc3[n+](cc2cc1OC)CCCc1cc2c(cc1-3)OCO2.CS(=O)(=O)[O-]. The summed E-state index contributed by atoms with van der Waals surface area (Å²) in [6, 6.07) is 10.5. The Morgan fingerprint density at radius 2 is 1.58 bits per heavy atom. The second kappa shape index (κ2) is 8.24. The fourth-order valence-corrected chi connectivity index (χ4v) is 3.90. The maximum Gasteiger partial charge on any atom is 0.231 e. The number of nitrogens with zero attached hydrogens (tertiary/aromatic N) is 1. The van der Waals surface area contributed by atoms with Crippen LogP contribution in [0.5, 0.6) is 23.0 Å². The Kier molecular flexibility index (Phi) is 5.63. The maximum atomic E-state index is 9.08. The second-order valence-corrected chi connectivity index (χ2v) is 8.77. The Morgan fingerprint density at radius 3 is 2.23 bits per heavy atom. The number of hydrogen-bond acceptors (Lipinski definition) is 7. The van der Waals surface area contributed by atoms with Crippen molar-refractivity contribution in [1.82, 2.24) is 0 Å². The van der Waals surface area contributed by atoms with E-state index in [1.54, 1.807) is 14.2 Å². The molecular weight excluding hydrogens is 422 g/mol. The summed E-state index contributed by atoms with van der Waals surface area (Å²) in [7, 11) is -0.586. The number of methoxy groups -OCH3 is 2. The number of aryl methyl sites for hydroxylation is 2. The molecule has 0 aliphatic carbocycles. The Hall–Kier alpha value is -3.04. The first-order chi connectivity index (χ1) is 14.8. The van der Waals surface area contributed by atoms with E-state index in [0.717, 1.165) is 53.2 Å². The zero-order valence-electron chi connectivity index (χ0n) is 17.5. The zero-order chi connectivity index (χ0) is 22.2. The number of fused-ring (bicyclic) bond motifs is 5. The number of ether oxygens (including phenoxy) is 4. The Morgan fingerprint density at radius 1 is 0.968 bits per heavy atom. The molecule has 9 heteroatoms. The van der Waals surface area contributed by atoms with Crippen molar-refractivity contribution < 1.29 is 36.5 Å². The summed E-state index contributed by atoms with van der Waals surface area (Å²) in [5, 5.41) is 2.26. The van der Waals surface area contributed by atoms with Gasteiger partial charge in [-0.25, -0.2) is 8.42 Å². The summed E-state index contributed by atoms with van der Waals surface area (Å²) in [5.41, 5.74) is 3.71. The molecule has 164 valence electrons. The van der Waals surface area contributed by atoms with E-state index >= 15 is 0 Å². The normalized spacial score (nSPS) is 14.1. The fourth-order valence-electron chi connectivity index (χ4n) is 3.90. The van der Waals surface area contributed by atoms with Crippen LogP contribution in [0.15, 0.2) is 36.5 Å². The molecule has 0 saturated carbocycles. The lowest BCUT2D eigenvalue weighted by molar-refractivity contribution is -0.684. The van der Waals surface area contributed by atoms with Gasteiger partial charge in [0.2, 0.25) is 12.5 Å². The van der Waals surface area contributed by atoms with E-state index in [9.17, 15) is 0 Å². The van der Waals surface area contributed by atoms with Crippen LogP contribution in [-0.4, -0.2) is 40.2 Å². The fraction of sp³-hybridized carbons (Fsp3) is 0.318. The molecule has 0 unspecified atom stereocenters. The average Bonchev–Trinajstić information content (AvgIpc) is 3.10. The van der Waals surface area contributed by atoms with Crippen LogP contribution in [0, 0.1) is 0 Å². The van der Waals surface area contributed by atoms with E-state index in [-0.39, 0.29) is 0 Å². The maximum absolute atomic E-state index is 9.08. The molecular formula is C22H23NO7S. The Bertz CT molecular complexity index is 1250. The third kappa shape index (κ3) is 4.52. The molecule has 2 aliphatic rings. The highest BCUT2D eigenvalue weighted by atomic mass is 32.2. The number of pyridine rings is 1. The monoisotopic (exact) mass is 445 g/mol. The first-order valence-corrected chi connectivity index (χ1v) is 11.5. The predicted molar refractivity (Wildman–Crippen MR) is 113 cm³/mol. The van der Waals surface area contributed by atoms with Crippen molar-refractivity contribution >= 4 is 20.9 Å². The molecule has 0 saturated heterocycles. The lowest BCUT2D eigenvalue weighted by Crippen LogP contribution is -2.35. The summed E-state index contributed by atoms with van der Waals surface area (Å²) >= 11 is 0. The zero-order valence-corrected chi connectivity index (χ0v) is 18.3. The van der Waals surface area contributed by atoms with Crippen molar-refractivity contribution in [3.8, 4) is 34.3 Å². The standard InChI is InChI=1S/C21H20NO4.CH4O3S/c1-23-18-8-14-6-17-16-10-21-20(25-12-26-21)7-13(16)4-3-5-22(17)11-15(14)9-19(18)24-2;1-5(2,3)4/h6-11H,3-5,12H2,1-2H3;1H3,(H,2,3,4)/q+1;/p-1. The number of benzene rings is 2. The topological polar surface area (TPSA) is 98.0 Å². The summed E-state index contributed by atoms with van der Waals surface area (Å²) in [4.78, 5) is 0. The van der Waals surface area contributed by atoms with Crippen molar-refractivity contribution in [2.75, 3.05) is 27.3 Å². The minimum atomic E-state index is -3.92. The van der Waals surface area contributed by atoms with Crippen molar-refractivity contribution in [1.29, 1.82) is 0 Å². The largest absolute Gasteiger partial charge is 0.748 e. The van der Waals surface area contributed by atoms with Crippen LogP contribution in [0.3, 0.4) is 0 Å². The number of hydrogen-bond donors (Lipinski definition) is 0. The van der Waals surface area contributed by atoms with Gasteiger partial charge in [-0.1, -0.05) is 0 Å². The van der Waals surface area contributed by atoms with Gasteiger partial charge in [0.15, 0.2) is 29.2 Å². The molecule has 31 heavy (non-hydrogen) atoms. The average molecular weight is 445 g/mol. The van der Waals surface area contributed by atoms with Crippen LogP contribution in [-0.2, 0) is 23.1 Å². The summed E-state index contributed by atoms with van der Waals surface area (Å²) in [6.45, 7) is 1.27. The first-order valence-electron chi connectivity index (χ1n) is 9.70. The number of aromatic nitrogens is 1. The molecule has 0 spiro atoms. The van der Waals surface area contributed by atoms with E-state index in [0.29, 0.717) is 13.0 Å². The van der Waals surface area contributed by atoms with Gasteiger partial charge in [-0.15, -0.1) is 0 Å². The molecule has 8 nitrogen and oxygen atoms in total. The molecule has 0 atom stereocenters. The molecule has 0 bridgehead atoms. The van der Waals surface area contributed by atoms with Gasteiger partial charge in [-0.2, -0.15) is 4.57 Å². The third-order valence-corrected chi connectivity index (χ3v) is 5.21. The summed E-state index contributed by atoms with van der Waals surface area (Å²) in [6.07, 6.45) is 4.92. The molecule has 3 aromatic rings. The molecule has 5 rings (SSSR count). The van der Waals surface area contributed by atoms with Gasteiger partial charge in [-0.3, -0.25) is 0 Å². The van der Waals surface area contributed by atoms with Crippen molar-refractivity contribution in [3.63, 3.8) is 0 Å². The summed E-state index contributed by atoms with van der Waals surface area (Å²) in [5.74, 6) is 3.16. The molecule has 0 N–H and O–H groups in total. The molecule has 3 heterocycles. The lowest BCUT2D eigenvalue weighted by atomic mass is 9.99. The lowest BCUT2D eigenvalue weighted by Gasteiger charge is -2.10. The van der Waals surface area contributed by atoms with E-state index in [2.05, 4.69) is 29.0 Å². The van der Waals surface area contributed by atoms with Crippen LogP contribution in [0.2, 0.25) is 0 Å². The van der Waals surface area contributed by atoms with Gasteiger partial charge in [-0.05, 0) is 41.6 Å². The molecule has 0 fully saturated rings. The van der Waals surface area contributed by atoms with Gasteiger partial charge >= 0.3 is 0 Å². The van der Waals surface area contributed by atoms with Crippen molar-refractivity contribution in [2.24, 2.45) is 0 Å². The quantitative estimate of drug-likeness (QED) is 0.442. The van der Waals surface area contributed by atoms with Crippen LogP contribution in [0.1, 0.15) is 12.0 Å². The van der Waals surface area contributed by atoms with Gasteiger partial charge in [0.25, 0.3) is 0 Å². The first kappa shape index (κ1) is 21.2. The predicted octanol–water partition coefficient (Wildman–Crippen LogP) is 2.65. The van der Waals surface area contributed by atoms with E-state index in [1.165, 1.54) is 16.8 Å². The summed E-state index contributed by atoms with van der Waals surface area (Å²) < 4.78 is 51.6. The highest BCUT2D eigenvalue weighted by molar-refractivity contribution is 7.84. The Balaban J connectivity index is 0.000000418. The van der Waals surface area contributed by atoms with Crippen LogP contribution >= 0.6 is 0 Å². The molecule has 2 aliphatic heterocycles. The highest BCUT2D eigenvalue weighted by Crippen LogP contribution is 2.40. The van der Waals surface area contributed by atoms with Crippen LogP contribution < -0.4 is 23.5 Å². The van der Waals surface area contributed by atoms with E-state index in [1.807, 2.05) is 12.1 Å². The minimum Gasteiger partial charge on any atom is -0.748 e.